The summed E-state index contributed by atoms with van der Waals surface area (Å²) in [7, 11) is 0. The molecule has 1 aromatic rings. The number of likely N-dealkylation sites (tertiary alicyclic amines) is 1. The van der Waals surface area contributed by atoms with E-state index in [0.717, 1.165) is 30.8 Å². The number of benzene rings is 1. The normalized spacial score (nSPS) is 17.4. The van der Waals surface area contributed by atoms with Crippen LogP contribution in [0.3, 0.4) is 0 Å². The highest BCUT2D eigenvalue weighted by Gasteiger charge is 2.15. The molecule has 1 aromatic carbocycles. The van der Waals surface area contributed by atoms with Crippen molar-refractivity contribution in [2.45, 2.75) is 38.7 Å². The molecule has 1 aliphatic rings. The molecule has 3 nitrogen and oxygen atoms in total. The number of aliphatic hydroxyl groups excluding tert-OH is 1. The molecule has 0 unspecified atom stereocenters. The number of ether oxygens (including phenoxy) is 1. The van der Waals surface area contributed by atoms with Gasteiger partial charge in [0.15, 0.2) is 0 Å². The highest BCUT2D eigenvalue weighted by atomic mass is 16.5. The van der Waals surface area contributed by atoms with Crippen molar-refractivity contribution in [3.05, 3.63) is 42.0 Å². The van der Waals surface area contributed by atoms with Crippen molar-refractivity contribution in [1.29, 1.82) is 0 Å². The minimum absolute atomic E-state index is 0.351. The third-order valence-electron chi connectivity index (χ3n) is 3.93. The fourth-order valence-corrected chi connectivity index (χ4v) is 2.84. The van der Waals surface area contributed by atoms with Gasteiger partial charge >= 0.3 is 0 Å². The predicted octanol–water partition coefficient (Wildman–Crippen LogP) is 2.95. The van der Waals surface area contributed by atoms with E-state index < -0.39 is 6.10 Å². The topological polar surface area (TPSA) is 32.7 Å². The number of allylic oxidation sites excluding steroid dienone is 1. The molecule has 1 saturated heterocycles. The summed E-state index contributed by atoms with van der Waals surface area (Å²) in [5.74, 6) is 0.859. The summed E-state index contributed by atoms with van der Waals surface area (Å²) in [6, 6.07) is 6.15. The van der Waals surface area contributed by atoms with Crippen LogP contribution < -0.4 is 4.74 Å². The fourth-order valence-electron chi connectivity index (χ4n) is 2.84. The van der Waals surface area contributed by atoms with Crippen LogP contribution in [0.1, 0.15) is 30.4 Å². The highest BCUT2D eigenvalue weighted by molar-refractivity contribution is 5.38. The van der Waals surface area contributed by atoms with Crippen LogP contribution in [0.25, 0.3) is 0 Å². The summed E-state index contributed by atoms with van der Waals surface area (Å²) in [5, 5.41) is 10.2. The molecule has 1 fully saturated rings. The Kier molecular flexibility index (Phi) is 6.27. The summed E-state index contributed by atoms with van der Waals surface area (Å²) in [6.07, 6.45) is 6.05. The van der Waals surface area contributed by atoms with Gasteiger partial charge in [-0.3, -0.25) is 0 Å². The molecule has 0 spiro atoms. The van der Waals surface area contributed by atoms with Gasteiger partial charge in [0.05, 0.1) is 0 Å². The Labute approximate surface area is 128 Å². The van der Waals surface area contributed by atoms with Gasteiger partial charge in [0.25, 0.3) is 0 Å². The second kappa shape index (κ2) is 8.20. The molecule has 0 bridgehead atoms. The molecule has 21 heavy (non-hydrogen) atoms. The van der Waals surface area contributed by atoms with Gasteiger partial charge in [-0.25, -0.2) is 0 Å². The van der Waals surface area contributed by atoms with Crippen LogP contribution >= 0.6 is 0 Å². The van der Waals surface area contributed by atoms with Crippen LogP contribution in [0.15, 0.2) is 30.9 Å². The number of β-amino-alcohol motifs (C(OH)–C–C–N with tert-alkyl or cyclic N) is 1. The Morgan fingerprint density at radius 2 is 2.10 bits per heavy atom. The second-order valence-corrected chi connectivity index (χ2v) is 5.93. The standard InChI is InChI=1S/C18H27NO2/c1-3-7-16-12-15(2)8-9-18(16)21-14-17(20)13-19-10-5-4-6-11-19/h3,8-9,12,17,20H,1,4-7,10-11,13-14H2,2H3/t17-/m1/s1. The van der Waals surface area contributed by atoms with E-state index in [0.29, 0.717) is 13.2 Å². The Morgan fingerprint density at radius 3 is 2.81 bits per heavy atom. The molecule has 1 aliphatic heterocycles. The molecule has 116 valence electrons. The predicted molar refractivity (Wildman–Crippen MR) is 86.9 cm³/mol. The van der Waals surface area contributed by atoms with Crippen molar-refractivity contribution < 1.29 is 9.84 Å². The first-order chi connectivity index (χ1) is 10.2. The Bertz CT molecular complexity index is 453. The fraction of sp³-hybridized carbons (Fsp3) is 0.556. The van der Waals surface area contributed by atoms with Crippen molar-refractivity contribution in [2.24, 2.45) is 0 Å². The molecule has 1 N–H and O–H groups in total. The number of aliphatic hydroxyl groups is 1. The van der Waals surface area contributed by atoms with Gasteiger partial charge in [0.1, 0.15) is 18.5 Å². The Morgan fingerprint density at radius 1 is 1.33 bits per heavy atom. The van der Waals surface area contributed by atoms with E-state index >= 15 is 0 Å². The van der Waals surface area contributed by atoms with Crippen LogP contribution in [-0.4, -0.2) is 42.4 Å². The van der Waals surface area contributed by atoms with Gasteiger partial charge in [-0.15, -0.1) is 6.58 Å². The van der Waals surface area contributed by atoms with Gasteiger partial charge in [0.2, 0.25) is 0 Å². The minimum Gasteiger partial charge on any atom is -0.491 e. The molecule has 0 saturated carbocycles. The summed E-state index contributed by atoms with van der Waals surface area (Å²) >= 11 is 0. The largest absolute Gasteiger partial charge is 0.491 e. The first-order valence-corrected chi connectivity index (χ1v) is 7.92. The lowest BCUT2D eigenvalue weighted by atomic mass is 10.1. The summed E-state index contributed by atoms with van der Waals surface area (Å²) in [6.45, 7) is 9.12. The maximum atomic E-state index is 10.2. The molecule has 1 atom stereocenters. The smallest absolute Gasteiger partial charge is 0.122 e. The van der Waals surface area contributed by atoms with Crippen LogP contribution in [0.4, 0.5) is 0 Å². The van der Waals surface area contributed by atoms with Crippen molar-refractivity contribution in [1.82, 2.24) is 4.90 Å². The van der Waals surface area contributed by atoms with Gasteiger partial charge in [-0.1, -0.05) is 30.2 Å². The van der Waals surface area contributed by atoms with Crippen molar-refractivity contribution in [3.8, 4) is 5.75 Å². The lowest BCUT2D eigenvalue weighted by molar-refractivity contribution is 0.0614. The second-order valence-electron chi connectivity index (χ2n) is 5.93. The van der Waals surface area contributed by atoms with Gasteiger partial charge in [0, 0.05) is 6.54 Å². The lowest BCUT2D eigenvalue weighted by Crippen LogP contribution is -2.38. The zero-order valence-electron chi connectivity index (χ0n) is 13.1. The number of hydrogen-bond donors (Lipinski definition) is 1. The lowest BCUT2D eigenvalue weighted by Gasteiger charge is -2.28. The number of hydrogen-bond acceptors (Lipinski definition) is 3. The quantitative estimate of drug-likeness (QED) is 0.783. The number of piperidine rings is 1. The van der Waals surface area contributed by atoms with E-state index in [1.54, 1.807) is 0 Å². The Balaban J connectivity index is 1.85. The minimum atomic E-state index is -0.430. The van der Waals surface area contributed by atoms with Crippen LogP contribution in [-0.2, 0) is 6.42 Å². The van der Waals surface area contributed by atoms with E-state index in [4.69, 9.17) is 4.74 Å². The van der Waals surface area contributed by atoms with E-state index in [1.165, 1.54) is 24.8 Å². The molecule has 2 rings (SSSR count). The van der Waals surface area contributed by atoms with Crippen molar-refractivity contribution >= 4 is 0 Å². The van der Waals surface area contributed by atoms with Crippen molar-refractivity contribution in [3.63, 3.8) is 0 Å². The summed E-state index contributed by atoms with van der Waals surface area (Å²) < 4.78 is 5.82. The van der Waals surface area contributed by atoms with Gasteiger partial charge in [-0.2, -0.15) is 0 Å². The Hall–Kier alpha value is -1.32. The van der Waals surface area contributed by atoms with Crippen LogP contribution in [0.5, 0.6) is 5.75 Å². The highest BCUT2D eigenvalue weighted by Crippen LogP contribution is 2.21. The molecule has 1 heterocycles. The molecule has 3 heteroatoms. The molecule has 0 radical (unpaired) electrons. The first-order valence-electron chi connectivity index (χ1n) is 7.92. The van der Waals surface area contributed by atoms with E-state index in [-0.39, 0.29) is 0 Å². The monoisotopic (exact) mass is 289 g/mol. The molecular weight excluding hydrogens is 262 g/mol. The molecule has 0 aliphatic carbocycles. The average molecular weight is 289 g/mol. The SMILES string of the molecule is C=CCc1cc(C)ccc1OC[C@H](O)CN1CCCCC1. The molecule has 0 aromatic heterocycles. The van der Waals surface area contributed by atoms with Crippen molar-refractivity contribution in [2.75, 3.05) is 26.2 Å². The third-order valence-corrected chi connectivity index (χ3v) is 3.93. The van der Waals surface area contributed by atoms with Crippen LogP contribution in [0.2, 0.25) is 0 Å². The molecular formula is C18H27NO2. The summed E-state index contributed by atoms with van der Waals surface area (Å²) in [5.41, 5.74) is 2.35. The maximum Gasteiger partial charge on any atom is 0.122 e. The van der Waals surface area contributed by atoms with E-state index in [1.807, 2.05) is 18.2 Å². The zero-order valence-corrected chi connectivity index (χ0v) is 13.1. The van der Waals surface area contributed by atoms with Gasteiger partial charge < -0.3 is 14.7 Å². The first kappa shape index (κ1) is 16.1. The molecule has 0 amide bonds. The van der Waals surface area contributed by atoms with Crippen LogP contribution in [0, 0.1) is 6.92 Å². The number of rotatable bonds is 7. The average Bonchev–Trinajstić information content (AvgIpc) is 2.48. The maximum absolute atomic E-state index is 10.2. The van der Waals surface area contributed by atoms with E-state index in [2.05, 4.69) is 24.5 Å². The van der Waals surface area contributed by atoms with E-state index in [9.17, 15) is 5.11 Å². The zero-order chi connectivity index (χ0) is 15.1. The van der Waals surface area contributed by atoms with Gasteiger partial charge in [-0.05, 0) is 50.9 Å². The number of nitrogens with zero attached hydrogens (tertiary/aromatic N) is 1. The third kappa shape index (κ3) is 5.18. The number of aryl methyl sites for hydroxylation is 1. The summed E-state index contributed by atoms with van der Waals surface area (Å²) in [4.78, 5) is 2.33.